The summed E-state index contributed by atoms with van der Waals surface area (Å²) in [6, 6.07) is 4.12. The Morgan fingerprint density at radius 2 is 1.86 bits per heavy atom. The number of hydrogen-bond donors (Lipinski definition) is 0. The molecule has 1 aromatic carbocycles. The Balaban J connectivity index is 1.56. The van der Waals surface area contributed by atoms with Crippen LogP contribution in [0.2, 0.25) is 5.02 Å². The summed E-state index contributed by atoms with van der Waals surface area (Å²) in [5.74, 6) is -0.0517. The number of amidine groups is 1. The molecule has 1 aromatic rings. The number of carbonyl (C=O) groups is 2. The number of esters is 1. The van der Waals surface area contributed by atoms with Gasteiger partial charge in [0.05, 0.1) is 27.0 Å². The van der Waals surface area contributed by atoms with Crippen LogP contribution in [0.5, 0.6) is 5.75 Å². The summed E-state index contributed by atoms with van der Waals surface area (Å²) < 4.78 is 11.1. The fourth-order valence-electron chi connectivity index (χ4n) is 4.89. The lowest BCUT2D eigenvalue weighted by Gasteiger charge is -2.31. The number of rotatable bonds is 7. The highest BCUT2D eigenvalue weighted by Gasteiger charge is 2.39. The quantitative estimate of drug-likeness (QED) is 0.256. The minimum absolute atomic E-state index is 0.0336. The molecule has 0 unspecified atom stereocenters. The molecule has 1 heterocycles. The van der Waals surface area contributed by atoms with Gasteiger partial charge in [-0.3, -0.25) is 14.7 Å². The molecule has 1 saturated heterocycles. The maximum atomic E-state index is 13.6. The molecule has 0 N–H and O–H groups in total. The molecule has 0 atom stereocenters. The van der Waals surface area contributed by atoms with Crippen LogP contribution >= 0.6 is 39.3 Å². The third-order valence-corrected chi connectivity index (χ3v) is 8.47. The van der Waals surface area contributed by atoms with Gasteiger partial charge in [-0.1, -0.05) is 50.1 Å². The summed E-state index contributed by atoms with van der Waals surface area (Å²) >= 11 is 11.4. The second-order valence-corrected chi connectivity index (χ2v) is 11.5. The van der Waals surface area contributed by atoms with E-state index in [1.165, 1.54) is 37.4 Å². The Labute approximate surface area is 225 Å². The first kappa shape index (κ1) is 26.6. The summed E-state index contributed by atoms with van der Waals surface area (Å²) in [5.41, 5.74) is 0.781. The average molecular weight is 584 g/mol. The van der Waals surface area contributed by atoms with Crippen molar-refractivity contribution in [2.75, 3.05) is 13.2 Å². The van der Waals surface area contributed by atoms with Crippen molar-refractivity contribution in [1.82, 2.24) is 4.90 Å². The molecule has 0 radical (unpaired) electrons. The molecule has 1 aliphatic heterocycles. The molecule has 2 aliphatic carbocycles. The molecular weight excluding hydrogens is 552 g/mol. The van der Waals surface area contributed by atoms with E-state index in [-0.39, 0.29) is 18.6 Å². The molecule has 3 aliphatic rings. The molecule has 9 heteroatoms. The molecule has 0 aromatic heterocycles. The largest absolute Gasteiger partial charge is 0.479 e. The molecule has 190 valence electrons. The van der Waals surface area contributed by atoms with Crippen LogP contribution in [0, 0.1) is 0 Å². The van der Waals surface area contributed by atoms with Gasteiger partial charge < -0.3 is 9.47 Å². The number of thioether (sulfide) groups is 1. The van der Waals surface area contributed by atoms with E-state index in [1.807, 2.05) is 17.0 Å². The molecule has 0 spiro atoms. The predicted octanol–water partition coefficient (Wildman–Crippen LogP) is 6.98. The SMILES string of the molecule is CCOC(=O)COc1c(Cl)cc(C=C2SC(=NC3CCCCC3)N(C3CCCCC3)C2=O)cc1Br. The van der Waals surface area contributed by atoms with Crippen molar-refractivity contribution in [1.29, 1.82) is 0 Å². The fraction of sp³-hybridized carbons (Fsp3) is 0.577. The molecule has 3 fully saturated rings. The standard InChI is InChI=1S/C26H32BrClN2O4S/c1-2-33-23(31)16-34-24-20(27)13-17(14-21(24)28)15-22-25(32)30(19-11-7-4-8-12-19)26(35-22)29-18-9-5-3-6-10-18/h13-15,18-19H,2-12,16H2,1H3. The van der Waals surface area contributed by atoms with E-state index in [0.717, 1.165) is 49.3 Å². The van der Waals surface area contributed by atoms with Gasteiger partial charge in [-0.25, -0.2) is 4.79 Å². The predicted molar refractivity (Wildman–Crippen MR) is 145 cm³/mol. The molecule has 2 saturated carbocycles. The monoisotopic (exact) mass is 582 g/mol. The van der Waals surface area contributed by atoms with Crippen LogP contribution in [0.25, 0.3) is 6.08 Å². The summed E-state index contributed by atoms with van der Waals surface area (Å²) in [6.07, 6.45) is 13.4. The Morgan fingerprint density at radius 1 is 1.17 bits per heavy atom. The molecule has 35 heavy (non-hydrogen) atoms. The van der Waals surface area contributed by atoms with Crippen LogP contribution in [-0.2, 0) is 14.3 Å². The Morgan fingerprint density at radius 3 is 2.51 bits per heavy atom. The molecule has 6 nitrogen and oxygen atoms in total. The van der Waals surface area contributed by atoms with E-state index >= 15 is 0 Å². The normalized spacial score (nSPS) is 22.3. The van der Waals surface area contributed by atoms with Gasteiger partial charge in [-0.05, 0) is 84.1 Å². The van der Waals surface area contributed by atoms with Gasteiger partial charge in [-0.2, -0.15) is 0 Å². The first-order valence-corrected chi connectivity index (χ1v) is 14.5. The van der Waals surface area contributed by atoms with Gasteiger partial charge in [0.2, 0.25) is 0 Å². The highest BCUT2D eigenvalue weighted by molar-refractivity contribution is 9.10. The third-order valence-electron chi connectivity index (χ3n) is 6.60. The first-order chi connectivity index (χ1) is 17.0. The Hall–Kier alpha value is -1.51. The summed E-state index contributed by atoms with van der Waals surface area (Å²) in [4.78, 5) is 32.9. The number of benzene rings is 1. The zero-order chi connectivity index (χ0) is 24.8. The molecule has 4 rings (SSSR count). The molecule has 1 amide bonds. The fourth-order valence-corrected chi connectivity index (χ4v) is 6.99. The average Bonchev–Trinajstić information content (AvgIpc) is 3.14. The number of carbonyl (C=O) groups excluding carboxylic acids is 2. The van der Waals surface area contributed by atoms with Crippen molar-refractivity contribution in [3.05, 3.63) is 32.1 Å². The van der Waals surface area contributed by atoms with Gasteiger partial charge in [0.25, 0.3) is 5.91 Å². The summed E-state index contributed by atoms with van der Waals surface area (Å²) in [5, 5.41) is 1.21. The van der Waals surface area contributed by atoms with Crippen molar-refractivity contribution in [3.8, 4) is 5.75 Å². The Bertz CT molecular complexity index is 980. The third kappa shape index (κ3) is 6.83. The molecule has 0 bridgehead atoms. The van der Waals surface area contributed by atoms with Crippen LogP contribution in [0.4, 0.5) is 0 Å². The lowest BCUT2D eigenvalue weighted by atomic mass is 9.94. The summed E-state index contributed by atoms with van der Waals surface area (Å²) in [6.45, 7) is 1.81. The van der Waals surface area contributed by atoms with Gasteiger partial charge in [0.15, 0.2) is 17.5 Å². The van der Waals surface area contributed by atoms with E-state index < -0.39 is 5.97 Å². The van der Waals surface area contributed by atoms with E-state index in [1.54, 1.807) is 13.0 Å². The highest BCUT2D eigenvalue weighted by atomic mass is 79.9. The number of nitrogens with zero attached hydrogens (tertiary/aromatic N) is 2. The van der Waals surface area contributed by atoms with Gasteiger partial charge in [-0.15, -0.1) is 0 Å². The smallest absolute Gasteiger partial charge is 0.344 e. The van der Waals surface area contributed by atoms with Crippen molar-refractivity contribution >= 4 is 62.4 Å². The van der Waals surface area contributed by atoms with Gasteiger partial charge in [0, 0.05) is 6.04 Å². The van der Waals surface area contributed by atoms with Crippen LogP contribution in [0.15, 0.2) is 26.5 Å². The van der Waals surface area contributed by atoms with Gasteiger partial charge in [0.1, 0.15) is 0 Å². The van der Waals surface area contributed by atoms with Crippen molar-refractivity contribution < 1.29 is 19.1 Å². The minimum atomic E-state index is -0.456. The number of aliphatic imine (C=N–C) groups is 1. The van der Waals surface area contributed by atoms with E-state index in [4.69, 9.17) is 26.1 Å². The zero-order valence-corrected chi connectivity index (χ0v) is 23.2. The maximum absolute atomic E-state index is 13.6. The van der Waals surface area contributed by atoms with Crippen LogP contribution in [-0.4, -0.2) is 47.2 Å². The van der Waals surface area contributed by atoms with Crippen LogP contribution in [0.1, 0.15) is 76.7 Å². The second-order valence-electron chi connectivity index (χ2n) is 9.19. The zero-order valence-electron chi connectivity index (χ0n) is 20.1. The van der Waals surface area contributed by atoms with Gasteiger partial charge >= 0.3 is 5.97 Å². The first-order valence-electron chi connectivity index (χ1n) is 12.5. The number of halogens is 2. The van der Waals surface area contributed by atoms with Crippen LogP contribution in [0.3, 0.4) is 0 Å². The van der Waals surface area contributed by atoms with E-state index in [2.05, 4.69) is 15.9 Å². The van der Waals surface area contributed by atoms with Crippen molar-refractivity contribution in [2.45, 2.75) is 83.2 Å². The highest BCUT2D eigenvalue weighted by Crippen LogP contribution is 2.40. The van der Waals surface area contributed by atoms with E-state index in [9.17, 15) is 9.59 Å². The van der Waals surface area contributed by atoms with Crippen molar-refractivity contribution in [2.24, 2.45) is 4.99 Å². The van der Waals surface area contributed by atoms with E-state index in [0.29, 0.717) is 32.8 Å². The minimum Gasteiger partial charge on any atom is -0.479 e. The lowest BCUT2D eigenvalue weighted by molar-refractivity contribution is -0.145. The summed E-state index contributed by atoms with van der Waals surface area (Å²) in [7, 11) is 0. The Kier molecular flexibility index (Phi) is 9.59. The van der Waals surface area contributed by atoms with Crippen LogP contribution < -0.4 is 4.74 Å². The lowest BCUT2D eigenvalue weighted by Crippen LogP contribution is -2.41. The number of ether oxygens (including phenoxy) is 2. The molecular formula is C26H32BrClN2O4S. The number of hydrogen-bond acceptors (Lipinski definition) is 6. The number of amides is 1. The second kappa shape index (κ2) is 12.6. The topological polar surface area (TPSA) is 68.2 Å². The maximum Gasteiger partial charge on any atom is 0.344 e. The van der Waals surface area contributed by atoms with Crippen molar-refractivity contribution in [3.63, 3.8) is 0 Å².